The highest BCUT2D eigenvalue weighted by atomic mass is 16.4. The number of hydrogen-bond donors (Lipinski definition) is 2. The van der Waals surface area contributed by atoms with Gasteiger partial charge in [0.05, 0.1) is 6.57 Å². The van der Waals surface area contributed by atoms with Crippen molar-refractivity contribution in [2.24, 2.45) is 10.9 Å². The minimum absolute atomic E-state index is 0.0477. The van der Waals surface area contributed by atoms with Crippen LogP contribution in [0.25, 0.3) is 4.85 Å². The van der Waals surface area contributed by atoms with Crippen LogP contribution in [-0.4, -0.2) is 11.0 Å². The minimum atomic E-state index is 0.0477. The van der Waals surface area contributed by atoms with E-state index in [1.54, 1.807) is 24.3 Å². The number of nitrogens with two attached hydrogens (primary N) is 1. The zero-order valence-corrected chi connectivity index (χ0v) is 6.23. The highest BCUT2D eigenvalue weighted by Gasteiger charge is 1.97. The van der Waals surface area contributed by atoms with Crippen LogP contribution < -0.4 is 5.73 Å². The normalized spacial score (nSPS) is 10.8. The van der Waals surface area contributed by atoms with Gasteiger partial charge in [0.2, 0.25) is 0 Å². The quantitative estimate of drug-likeness (QED) is 0.214. The lowest BCUT2D eigenvalue weighted by Crippen LogP contribution is -2.12. The fraction of sp³-hybridized carbons (Fsp3) is 0. The molecule has 0 spiro atoms. The van der Waals surface area contributed by atoms with Gasteiger partial charge in [-0.25, -0.2) is 4.85 Å². The molecule has 0 saturated heterocycles. The Kier molecular flexibility index (Phi) is 2.29. The van der Waals surface area contributed by atoms with E-state index in [0.29, 0.717) is 11.3 Å². The predicted molar refractivity (Wildman–Crippen MR) is 45.2 cm³/mol. The van der Waals surface area contributed by atoms with Gasteiger partial charge in [-0.05, 0) is 0 Å². The molecule has 0 fully saturated rings. The van der Waals surface area contributed by atoms with Crippen molar-refractivity contribution >= 4 is 11.5 Å². The van der Waals surface area contributed by atoms with Crippen molar-refractivity contribution in [2.45, 2.75) is 0 Å². The SMILES string of the molecule is [C-]#[N+]c1ccc(/C(N)=N/O)cc1. The summed E-state index contributed by atoms with van der Waals surface area (Å²) in [6, 6.07) is 6.48. The molecule has 0 radical (unpaired) electrons. The smallest absolute Gasteiger partial charge is 0.187 e. The molecule has 3 N–H and O–H groups in total. The molecule has 0 unspecified atom stereocenters. The van der Waals surface area contributed by atoms with Gasteiger partial charge in [-0.1, -0.05) is 29.4 Å². The Balaban J connectivity index is 3.02. The van der Waals surface area contributed by atoms with Crippen LogP contribution >= 0.6 is 0 Å². The maximum Gasteiger partial charge on any atom is 0.187 e. The Morgan fingerprint density at radius 1 is 1.42 bits per heavy atom. The van der Waals surface area contributed by atoms with Gasteiger partial charge >= 0.3 is 0 Å². The number of hydrogen-bond acceptors (Lipinski definition) is 2. The van der Waals surface area contributed by atoms with Crippen molar-refractivity contribution in [3.8, 4) is 0 Å². The van der Waals surface area contributed by atoms with Gasteiger partial charge in [-0.2, -0.15) is 0 Å². The summed E-state index contributed by atoms with van der Waals surface area (Å²) in [5, 5.41) is 11.1. The number of amidine groups is 1. The largest absolute Gasteiger partial charge is 0.409 e. The lowest BCUT2D eigenvalue weighted by atomic mass is 10.2. The van der Waals surface area contributed by atoms with Gasteiger partial charge in [-0.3, -0.25) is 0 Å². The van der Waals surface area contributed by atoms with Gasteiger partial charge in [0.1, 0.15) is 0 Å². The lowest BCUT2D eigenvalue weighted by molar-refractivity contribution is 0.318. The van der Waals surface area contributed by atoms with Crippen molar-refractivity contribution in [1.82, 2.24) is 0 Å². The van der Waals surface area contributed by atoms with Crippen molar-refractivity contribution in [1.29, 1.82) is 0 Å². The minimum Gasteiger partial charge on any atom is -0.409 e. The molecule has 0 atom stereocenters. The third-order valence-corrected chi connectivity index (χ3v) is 1.40. The Morgan fingerprint density at radius 3 is 2.42 bits per heavy atom. The third-order valence-electron chi connectivity index (χ3n) is 1.40. The second kappa shape index (κ2) is 3.39. The van der Waals surface area contributed by atoms with Crippen molar-refractivity contribution in [3.63, 3.8) is 0 Å². The molecule has 0 aliphatic carbocycles. The van der Waals surface area contributed by atoms with Gasteiger partial charge in [0, 0.05) is 5.56 Å². The number of rotatable bonds is 1. The Morgan fingerprint density at radius 2 is 2.00 bits per heavy atom. The molecule has 0 heterocycles. The zero-order chi connectivity index (χ0) is 8.97. The number of benzene rings is 1. The van der Waals surface area contributed by atoms with Crippen molar-refractivity contribution in [2.75, 3.05) is 0 Å². The number of oxime groups is 1. The highest BCUT2D eigenvalue weighted by Crippen LogP contribution is 2.11. The van der Waals surface area contributed by atoms with Gasteiger partial charge in [0.15, 0.2) is 11.5 Å². The Bertz CT molecular complexity index is 334. The van der Waals surface area contributed by atoms with E-state index in [4.69, 9.17) is 17.5 Å². The fourth-order valence-electron chi connectivity index (χ4n) is 0.764. The van der Waals surface area contributed by atoms with E-state index in [0.717, 1.165) is 0 Å². The first-order valence-corrected chi connectivity index (χ1v) is 3.23. The second-order valence-electron chi connectivity index (χ2n) is 2.14. The van der Waals surface area contributed by atoms with E-state index in [9.17, 15) is 0 Å². The van der Waals surface area contributed by atoms with Crippen LogP contribution in [0.5, 0.6) is 0 Å². The Labute approximate surface area is 69.7 Å². The van der Waals surface area contributed by atoms with E-state index < -0.39 is 0 Å². The van der Waals surface area contributed by atoms with Crippen LogP contribution in [0.4, 0.5) is 5.69 Å². The summed E-state index contributed by atoms with van der Waals surface area (Å²) >= 11 is 0. The molecule has 0 bridgehead atoms. The molecule has 0 aliphatic rings. The maximum atomic E-state index is 8.32. The van der Waals surface area contributed by atoms with Crippen molar-refractivity contribution in [3.05, 3.63) is 41.2 Å². The molecule has 1 aromatic carbocycles. The molecule has 0 aliphatic heterocycles. The van der Waals surface area contributed by atoms with E-state index >= 15 is 0 Å². The van der Waals surface area contributed by atoms with E-state index in [1.165, 1.54) is 0 Å². The van der Waals surface area contributed by atoms with Crippen LogP contribution in [0.15, 0.2) is 29.4 Å². The molecule has 0 aromatic heterocycles. The van der Waals surface area contributed by atoms with Crippen LogP contribution in [0.2, 0.25) is 0 Å². The summed E-state index contributed by atoms with van der Waals surface area (Å²) in [6.07, 6.45) is 0. The molecular formula is C8H7N3O. The molecular weight excluding hydrogens is 154 g/mol. The van der Waals surface area contributed by atoms with Gasteiger partial charge in [-0.15, -0.1) is 0 Å². The first-order valence-electron chi connectivity index (χ1n) is 3.23. The van der Waals surface area contributed by atoms with Gasteiger partial charge in [0.25, 0.3) is 0 Å². The monoisotopic (exact) mass is 161 g/mol. The average Bonchev–Trinajstić information content (AvgIpc) is 2.17. The molecule has 0 saturated carbocycles. The molecule has 1 aromatic rings. The molecule has 1 rings (SSSR count). The topological polar surface area (TPSA) is 63.0 Å². The van der Waals surface area contributed by atoms with Crippen molar-refractivity contribution < 1.29 is 5.21 Å². The van der Waals surface area contributed by atoms with Crippen LogP contribution in [0.3, 0.4) is 0 Å². The summed E-state index contributed by atoms with van der Waals surface area (Å²) in [6.45, 7) is 6.68. The first kappa shape index (κ1) is 8.08. The average molecular weight is 161 g/mol. The lowest BCUT2D eigenvalue weighted by Gasteiger charge is -1.96. The first-order chi connectivity index (χ1) is 5.77. The highest BCUT2D eigenvalue weighted by molar-refractivity contribution is 5.97. The van der Waals surface area contributed by atoms with Gasteiger partial charge < -0.3 is 10.9 Å². The van der Waals surface area contributed by atoms with E-state index in [-0.39, 0.29) is 5.84 Å². The van der Waals surface area contributed by atoms with Crippen LogP contribution in [0.1, 0.15) is 5.56 Å². The summed E-state index contributed by atoms with van der Waals surface area (Å²) in [5.74, 6) is 0.0477. The molecule has 60 valence electrons. The van der Waals surface area contributed by atoms with E-state index in [1.807, 2.05) is 0 Å². The molecule has 0 amide bonds. The third kappa shape index (κ3) is 1.52. The number of nitrogens with zero attached hydrogens (tertiary/aromatic N) is 2. The second-order valence-corrected chi connectivity index (χ2v) is 2.14. The van der Waals surface area contributed by atoms with Crippen LogP contribution in [0, 0.1) is 6.57 Å². The standard InChI is InChI=1S/C8H7N3O/c1-10-7-4-2-6(3-5-7)8(9)11-12/h2-5,12H,(H2,9,11). The summed E-state index contributed by atoms with van der Waals surface area (Å²) in [5.41, 5.74) is 6.44. The Hall–Kier alpha value is -2.02. The molecule has 4 heteroatoms. The summed E-state index contributed by atoms with van der Waals surface area (Å²) in [7, 11) is 0. The molecule has 12 heavy (non-hydrogen) atoms. The summed E-state index contributed by atoms with van der Waals surface area (Å²) in [4.78, 5) is 3.20. The zero-order valence-electron chi connectivity index (χ0n) is 6.23. The fourth-order valence-corrected chi connectivity index (χ4v) is 0.764. The maximum absolute atomic E-state index is 8.32. The predicted octanol–water partition coefficient (Wildman–Crippen LogP) is 1.33. The van der Waals surface area contributed by atoms with Crippen LogP contribution in [-0.2, 0) is 0 Å². The molecule has 4 nitrogen and oxygen atoms in total. The summed E-state index contributed by atoms with van der Waals surface area (Å²) < 4.78 is 0. The van der Waals surface area contributed by atoms with E-state index in [2.05, 4.69) is 10.0 Å².